The van der Waals surface area contributed by atoms with E-state index in [1.54, 1.807) is 4.90 Å². The number of hydrogen-bond acceptors (Lipinski definition) is 4. The Morgan fingerprint density at radius 2 is 1.85 bits per heavy atom. The number of pyridine rings is 1. The molecule has 1 atom stereocenters. The summed E-state index contributed by atoms with van der Waals surface area (Å²) in [6, 6.07) is 12.7. The van der Waals surface area contributed by atoms with Crippen LogP contribution >= 0.6 is 11.8 Å². The minimum Gasteiger partial charge on any atom is -0.378 e. The van der Waals surface area contributed by atoms with Gasteiger partial charge in [-0.05, 0) is 25.1 Å². The Labute approximate surface area is 194 Å². The average molecular weight is 469 g/mol. The number of halogens is 2. The van der Waals surface area contributed by atoms with Crippen LogP contribution in [0.25, 0.3) is 5.69 Å². The van der Waals surface area contributed by atoms with E-state index < -0.39 is 16.9 Å². The lowest BCUT2D eigenvalue weighted by molar-refractivity contribution is 0.0300. The first-order valence-corrected chi connectivity index (χ1v) is 11.7. The molecule has 0 saturated carbocycles. The van der Waals surface area contributed by atoms with E-state index in [4.69, 9.17) is 4.74 Å². The predicted octanol–water partition coefficient (Wildman–Crippen LogP) is 4.29. The summed E-state index contributed by atoms with van der Waals surface area (Å²) in [7, 11) is 0. The molecule has 1 amide bonds. The van der Waals surface area contributed by atoms with Crippen LogP contribution in [0, 0.1) is 18.6 Å². The van der Waals surface area contributed by atoms with Crippen molar-refractivity contribution < 1.29 is 18.3 Å². The molecule has 0 unspecified atom stereocenters. The molecule has 170 valence electrons. The number of carbonyl (C=O) groups excluding carboxylic acids is 1. The lowest BCUT2D eigenvalue weighted by Gasteiger charge is -2.28. The molecule has 1 saturated heterocycles. The van der Waals surface area contributed by atoms with Crippen molar-refractivity contribution in [3.8, 4) is 5.69 Å². The average Bonchev–Trinajstić information content (AvgIpc) is 2.96. The first kappa shape index (κ1) is 21.9. The van der Waals surface area contributed by atoms with Crippen LogP contribution in [-0.2, 0) is 11.2 Å². The van der Waals surface area contributed by atoms with Crippen LogP contribution in [0.4, 0.5) is 8.78 Å². The number of para-hydroxylation sites is 1. The molecule has 0 spiro atoms. The smallest absolute Gasteiger partial charge is 0.259 e. The Hall–Kier alpha value is -2.97. The number of nitrogens with zero attached hydrogens (tertiary/aromatic N) is 2. The molecule has 33 heavy (non-hydrogen) atoms. The third-order valence-electron chi connectivity index (χ3n) is 6.07. The van der Waals surface area contributed by atoms with Crippen molar-refractivity contribution in [3.05, 3.63) is 92.9 Å². The minimum absolute atomic E-state index is 0.104. The van der Waals surface area contributed by atoms with E-state index in [0.29, 0.717) is 43.3 Å². The van der Waals surface area contributed by atoms with Gasteiger partial charge in [0.1, 0.15) is 17.2 Å². The summed E-state index contributed by atoms with van der Waals surface area (Å²) in [6.07, 6.45) is 0.240. The number of rotatable bonds is 2. The molecule has 8 heteroatoms. The van der Waals surface area contributed by atoms with Crippen LogP contribution in [0.1, 0.15) is 32.6 Å². The van der Waals surface area contributed by atoms with Gasteiger partial charge >= 0.3 is 0 Å². The maximum Gasteiger partial charge on any atom is 0.259 e. The number of morpholine rings is 1. The second-order valence-corrected chi connectivity index (χ2v) is 9.40. The maximum absolute atomic E-state index is 14.8. The Kier molecular flexibility index (Phi) is 5.80. The zero-order chi connectivity index (χ0) is 23.1. The number of hydrogen-bond donors (Lipinski definition) is 0. The molecular weight excluding hydrogens is 446 g/mol. The maximum atomic E-state index is 14.8. The standard InChI is InChI=1S/C25H22F2N2O3S/c1-15-12-21(30)24(25(31)28-8-10-32-11-9-28)20-14-23(17-7-6-16(26)13-18(17)27)33-22-5-3-2-4-19(22)29(15)20/h2-7,12-13,23H,8-11,14H2,1H3/t23-/m1/s1. The summed E-state index contributed by atoms with van der Waals surface area (Å²) in [4.78, 5) is 29.2. The molecule has 5 rings (SSSR count). The summed E-state index contributed by atoms with van der Waals surface area (Å²) in [5, 5.41) is -0.446. The second kappa shape index (κ2) is 8.76. The fourth-order valence-electron chi connectivity index (χ4n) is 4.52. The number of amides is 1. The first-order chi connectivity index (χ1) is 15.9. The van der Waals surface area contributed by atoms with Crippen molar-refractivity contribution in [1.82, 2.24) is 9.47 Å². The van der Waals surface area contributed by atoms with Gasteiger partial charge in [0.2, 0.25) is 0 Å². The highest BCUT2D eigenvalue weighted by atomic mass is 32.2. The first-order valence-electron chi connectivity index (χ1n) is 10.8. The molecule has 0 N–H and O–H groups in total. The van der Waals surface area contributed by atoms with E-state index in [0.717, 1.165) is 16.6 Å². The van der Waals surface area contributed by atoms with Gasteiger partial charge in [-0.2, -0.15) is 0 Å². The van der Waals surface area contributed by atoms with E-state index >= 15 is 0 Å². The van der Waals surface area contributed by atoms with E-state index in [2.05, 4.69) is 0 Å². The lowest BCUT2D eigenvalue weighted by atomic mass is 10.0. The zero-order valence-electron chi connectivity index (χ0n) is 18.0. The molecule has 1 fully saturated rings. The summed E-state index contributed by atoms with van der Waals surface area (Å²) in [6.45, 7) is 3.49. The largest absolute Gasteiger partial charge is 0.378 e. The van der Waals surface area contributed by atoms with Crippen LogP contribution in [0.2, 0.25) is 0 Å². The molecule has 0 radical (unpaired) electrons. The quantitative estimate of drug-likeness (QED) is 0.563. The highest BCUT2D eigenvalue weighted by Crippen LogP contribution is 2.45. The monoisotopic (exact) mass is 468 g/mol. The summed E-state index contributed by atoms with van der Waals surface area (Å²) in [5.41, 5.74) is 2.16. The lowest BCUT2D eigenvalue weighted by Crippen LogP contribution is -2.43. The van der Waals surface area contributed by atoms with E-state index in [1.165, 1.54) is 30.0 Å². The molecular formula is C25H22F2N2O3S. The zero-order valence-corrected chi connectivity index (χ0v) is 18.8. The van der Waals surface area contributed by atoms with Gasteiger partial charge in [0, 0.05) is 58.7 Å². The SMILES string of the molecule is Cc1cc(=O)c(C(=O)N2CCOCC2)c2n1-c1ccccc1S[C@@H](c1ccc(F)cc1F)C2. The molecule has 2 aromatic carbocycles. The Morgan fingerprint density at radius 3 is 2.61 bits per heavy atom. The molecule has 5 nitrogen and oxygen atoms in total. The van der Waals surface area contributed by atoms with Gasteiger partial charge < -0.3 is 14.2 Å². The molecule has 2 aliphatic heterocycles. The summed E-state index contributed by atoms with van der Waals surface area (Å²) in [5.74, 6) is -1.63. The fourth-order valence-corrected chi connectivity index (χ4v) is 5.83. The van der Waals surface area contributed by atoms with Crippen LogP contribution in [0.3, 0.4) is 0 Å². The van der Waals surface area contributed by atoms with Crippen LogP contribution < -0.4 is 5.43 Å². The van der Waals surface area contributed by atoms with Crippen LogP contribution in [0.5, 0.6) is 0 Å². The number of ether oxygens (including phenoxy) is 1. The van der Waals surface area contributed by atoms with Crippen molar-refractivity contribution in [2.45, 2.75) is 23.5 Å². The number of fused-ring (bicyclic) bond motifs is 3. The van der Waals surface area contributed by atoms with Crippen LogP contribution in [-0.4, -0.2) is 41.7 Å². The van der Waals surface area contributed by atoms with E-state index in [-0.39, 0.29) is 23.3 Å². The number of benzene rings is 2. The van der Waals surface area contributed by atoms with Gasteiger partial charge in [-0.15, -0.1) is 11.8 Å². The summed E-state index contributed by atoms with van der Waals surface area (Å²) < 4.78 is 35.7. The van der Waals surface area contributed by atoms with Crippen LogP contribution in [0.15, 0.2) is 58.2 Å². The number of aryl methyl sites for hydroxylation is 1. The third kappa shape index (κ3) is 3.98. The Morgan fingerprint density at radius 1 is 1.09 bits per heavy atom. The van der Waals surface area contributed by atoms with Crippen molar-refractivity contribution in [1.29, 1.82) is 0 Å². The van der Waals surface area contributed by atoms with E-state index in [1.807, 2.05) is 35.8 Å². The van der Waals surface area contributed by atoms with Crippen molar-refractivity contribution in [2.75, 3.05) is 26.3 Å². The normalized spacial score (nSPS) is 17.8. The summed E-state index contributed by atoms with van der Waals surface area (Å²) >= 11 is 1.45. The number of aromatic nitrogens is 1. The molecule has 2 aliphatic rings. The van der Waals surface area contributed by atoms with Gasteiger partial charge in [0.15, 0.2) is 5.43 Å². The topological polar surface area (TPSA) is 51.5 Å². The highest BCUT2D eigenvalue weighted by molar-refractivity contribution is 7.99. The Balaban J connectivity index is 1.73. The van der Waals surface area contributed by atoms with Crippen molar-refractivity contribution in [2.24, 2.45) is 0 Å². The molecule has 3 heterocycles. The van der Waals surface area contributed by atoms with Gasteiger partial charge in [-0.3, -0.25) is 9.59 Å². The third-order valence-corrected chi connectivity index (χ3v) is 7.38. The second-order valence-electron chi connectivity index (χ2n) is 8.16. The number of thioether (sulfide) groups is 1. The molecule has 1 aromatic heterocycles. The minimum atomic E-state index is -0.647. The van der Waals surface area contributed by atoms with Crippen molar-refractivity contribution in [3.63, 3.8) is 0 Å². The fraction of sp³-hybridized carbons (Fsp3) is 0.280. The van der Waals surface area contributed by atoms with Gasteiger partial charge in [-0.25, -0.2) is 8.78 Å². The van der Waals surface area contributed by atoms with Gasteiger partial charge in [0.25, 0.3) is 5.91 Å². The van der Waals surface area contributed by atoms with Crippen molar-refractivity contribution >= 4 is 17.7 Å². The Bertz CT molecular complexity index is 1300. The van der Waals surface area contributed by atoms with Gasteiger partial charge in [0.05, 0.1) is 18.9 Å². The van der Waals surface area contributed by atoms with Gasteiger partial charge in [-0.1, -0.05) is 18.2 Å². The predicted molar refractivity (Wildman–Crippen MR) is 122 cm³/mol. The molecule has 0 bridgehead atoms. The number of carbonyl (C=O) groups is 1. The van der Waals surface area contributed by atoms with E-state index in [9.17, 15) is 18.4 Å². The molecule has 0 aliphatic carbocycles. The highest BCUT2D eigenvalue weighted by Gasteiger charge is 2.32. The molecule has 3 aromatic rings.